The molecule has 4 nitrogen and oxygen atoms in total. The fourth-order valence-electron chi connectivity index (χ4n) is 1.63. The second kappa shape index (κ2) is 11.2. The first-order chi connectivity index (χ1) is 10.8. The van der Waals surface area contributed by atoms with Gasteiger partial charge in [0.2, 0.25) is 0 Å². The molecule has 1 heterocycles. The molecule has 0 atom stereocenters. The van der Waals surface area contributed by atoms with E-state index >= 15 is 0 Å². The van der Waals surface area contributed by atoms with Crippen molar-refractivity contribution in [2.45, 2.75) is 6.54 Å². The standard InChI is InChI=1S/C18H23N2O2/c1-3-17(5-9-19)8-13-21-15-16-22-14-12-20-10-6-18(4-2)7-11-20/h3-11,13,19H,1-2,12,14-16H2/q+1/p+1/b13-8-,17-5-,19-9?. The molecule has 0 saturated heterocycles. The topological polar surface area (TPSA) is 47.9 Å². The van der Waals surface area contributed by atoms with Crippen molar-refractivity contribution in [3.05, 3.63) is 73.3 Å². The van der Waals surface area contributed by atoms with Gasteiger partial charge < -0.3 is 9.47 Å². The van der Waals surface area contributed by atoms with Gasteiger partial charge in [0.25, 0.3) is 0 Å². The predicted octanol–water partition coefficient (Wildman–Crippen LogP) is 1.11. The van der Waals surface area contributed by atoms with E-state index in [1.54, 1.807) is 24.5 Å². The van der Waals surface area contributed by atoms with Gasteiger partial charge in [-0.15, -0.1) is 0 Å². The molecule has 0 spiro atoms. The highest BCUT2D eigenvalue weighted by molar-refractivity contribution is 5.68. The van der Waals surface area contributed by atoms with E-state index in [4.69, 9.17) is 14.9 Å². The zero-order valence-electron chi connectivity index (χ0n) is 12.9. The molecule has 0 aliphatic heterocycles. The summed E-state index contributed by atoms with van der Waals surface area (Å²) in [5.41, 5.74) is 2.00. The Morgan fingerprint density at radius 1 is 1.18 bits per heavy atom. The summed E-state index contributed by atoms with van der Waals surface area (Å²) in [5.74, 6) is 0. The van der Waals surface area contributed by atoms with Crippen LogP contribution in [-0.2, 0) is 16.0 Å². The number of hydrogen-bond acceptors (Lipinski definition) is 2. The van der Waals surface area contributed by atoms with E-state index in [9.17, 15) is 0 Å². The van der Waals surface area contributed by atoms with Crippen molar-refractivity contribution in [1.82, 2.24) is 0 Å². The maximum Gasteiger partial charge on any atom is 0.171 e. The largest absolute Gasteiger partial charge is 0.499 e. The summed E-state index contributed by atoms with van der Waals surface area (Å²) in [6, 6.07) is 4.04. The van der Waals surface area contributed by atoms with Crippen molar-refractivity contribution in [3.63, 3.8) is 0 Å². The first-order valence-electron chi connectivity index (χ1n) is 7.15. The molecule has 0 amide bonds. The summed E-state index contributed by atoms with van der Waals surface area (Å²) in [6.07, 6.45) is 14.2. The van der Waals surface area contributed by atoms with E-state index in [0.717, 1.165) is 17.7 Å². The Kier molecular flexibility index (Phi) is 8.98. The molecular formula is C18H24N2O2+2. The summed E-state index contributed by atoms with van der Waals surface area (Å²) in [6.45, 7) is 9.91. The third-order valence-electron chi connectivity index (χ3n) is 2.87. The zero-order chi connectivity index (χ0) is 16.0. The van der Waals surface area contributed by atoms with Gasteiger partial charge in [0.1, 0.15) is 13.2 Å². The number of ether oxygens (including phenoxy) is 2. The van der Waals surface area contributed by atoms with Crippen LogP contribution in [0.25, 0.3) is 6.08 Å². The van der Waals surface area contributed by atoms with Crippen LogP contribution in [0.5, 0.6) is 0 Å². The molecule has 0 bridgehead atoms. The molecule has 0 aliphatic carbocycles. The number of nitrogens with two attached hydrogens (primary N) is 1. The minimum Gasteiger partial charge on any atom is -0.499 e. The SMILES string of the molecule is C=CC(/C=C\OCCOCC[n+]1ccc(C=C)cc1)=C/C=[NH2+]. The molecule has 0 aromatic carbocycles. The number of nitrogens with zero attached hydrogens (tertiary/aromatic N) is 1. The van der Waals surface area contributed by atoms with Crippen LogP contribution in [0.15, 0.2) is 67.7 Å². The van der Waals surface area contributed by atoms with Gasteiger partial charge in [-0.2, -0.15) is 0 Å². The van der Waals surface area contributed by atoms with Gasteiger partial charge in [-0.25, -0.2) is 4.57 Å². The summed E-state index contributed by atoms with van der Waals surface area (Å²) < 4.78 is 12.9. The molecule has 0 unspecified atom stereocenters. The molecule has 1 aromatic heterocycles. The molecule has 22 heavy (non-hydrogen) atoms. The molecule has 0 aliphatic rings. The minimum atomic E-state index is 0.507. The Labute approximate surface area is 132 Å². The van der Waals surface area contributed by atoms with E-state index in [1.165, 1.54) is 6.21 Å². The molecular weight excluding hydrogens is 276 g/mol. The molecule has 1 aromatic rings. The van der Waals surface area contributed by atoms with Crippen LogP contribution in [0.2, 0.25) is 0 Å². The lowest BCUT2D eigenvalue weighted by atomic mass is 10.2. The van der Waals surface area contributed by atoms with Gasteiger partial charge in [-0.3, -0.25) is 5.41 Å². The Balaban J connectivity index is 2.11. The smallest absolute Gasteiger partial charge is 0.171 e. The van der Waals surface area contributed by atoms with E-state index in [1.807, 2.05) is 30.6 Å². The van der Waals surface area contributed by atoms with E-state index in [0.29, 0.717) is 19.8 Å². The molecule has 0 radical (unpaired) electrons. The van der Waals surface area contributed by atoms with Gasteiger partial charge in [-0.05, 0) is 17.2 Å². The average Bonchev–Trinajstić information content (AvgIpc) is 2.56. The van der Waals surface area contributed by atoms with Crippen LogP contribution >= 0.6 is 0 Å². The van der Waals surface area contributed by atoms with Crippen molar-refractivity contribution < 1.29 is 19.5 Å². The van der Waals surface area contributed by atoms with Crippen LogP contribution < -0.4 is 9.98 Å². The van der Waals surface area contributed by atoms with Crippen LogP contribution in [-0.4, -0.2) is 26.0 Å². The summed E-state index contributed by atoms with van der Waals surface area (Å²) in [7, 11) is 0. The molecule has 4 heteroatoms. The zero-order valence-corrected chi connectivity index (χ0v) is 12.9. The maximum absolute atomic E-state index is 5.51. The fourth-order valence-corrected chi connectivity index (χ4v) is 1.63. The first kappa shape index (κ1) is 17.6. The quantitative estimate of drug-likeness (QED) is 0.219. The van der Waals surface area contributed by atoms with E-state index < -0.39 is 0 Å². The lowest BCUT2D eigenvalue weighted by Gasteiger charge is -2.02. The summed E-state index contributed by atoms with van der Waals surface area (Å²) in [5, 5.41) is 5.30. The van der Waals surface area contributed by atoms with Gasteiger partial charge in [0.15, 0.2) is 25.2 Å². The summed E-state index contributed by atoms with van der Waals surface area (Å²) >= 11 is 0. The molecule has 2 N–H and O–H groups in total. The first-order valence-corrected chi connectivity index (χ1v) is 7.15. The van der Waals surface area contributed by atoms with Crippen LogP contribution in [0, 0.1) is 0 Å². The van der Waals surface area contributed by atoms with Crippen molar-refractivity contribution in [2.75, 3.05) is 19.8 Å². The second-order valence-electron chi connectivity index (χ2n) is 4.42. The Hall–Kier alpha value is -2.46. The van der Waals surface area contributed by atoms with Crippen molar-refractivity contribution in [3.8, 4) is 0 Å². The highest BCUT2D eigenvalue weighted by atomic mass is 16.5. The monoisotopic (exact) mass is 300 g/mol. The lowest BCUT2D eigenvalue weighted by Crippen LogP contribution is -2.35. The number of aromatic nitrogens is 1. The number of allylic oxidation sites excluding steroid dienone is 4. The third-order valence-corrected chi connectivity index (χ3v) is 2.87. The number of hydrogen-bond donors (Lipinski definition) is 1. The molecule has 0 saturated carbocycles. The van der Waals surface area contributed by atoms with Crippen LogP contribution in [0.3, 0.4) is 0 Å². The second-order valence-corrected chi connectivity index (χ2v) is 4.42. The van der Waals surface area contributed by atoms with Crippen molar-refractivity contribution in [2.24, 2.45) is 0 Å². The normalized spacial score (nSPS) is 11.4. The maximum atomic E-state index is 5.51. The van der Waals surface area contributed by atoms with E-state index in [-0.39, 0.29) is 0 Å². The number of rotatable bonds is 11. The van der Waals surface area contributed by atoms with Crippen molar-refractivity contribution >= 4 is 12.3 Å². The van der Waals surface area contributed by atoms with Gasteiger partial charge >= 0.3 is 0 Å². The fraction of sp³-hybridized carbons (Fsp3) is 0.222. The Morgan fingerprint density at radius 3 is 2.59 bits per heavy atom. The molecule has 1 rings (SSSR count). The average molecular weight is 300 g/mol. The predicted molar refractivity (Wildman–Crippen MR) is 88.9 cm³/mol. The third kappa shape index (κ3) is 7.36. The highest BCUT2D eigenvalue weighted by Crippen LogP contribution is 1.97. The van der Waals surface area contributed by atoms with Gasteiger partial charge in [0, 0.05) is 18.2 Å². The summed E-state index contributed by atoms with van der Waals surface area (Å²) in [4.78, 5) is 0. The van der Waals surface area contributed by atoms with E-state index in [2.05, 4.69) is 17.7 Å². The lowest BCUT2D eigenvalue weighted by molar-refractivity contribution is -0.698. The van der Waals surface area contributed by atoms with Crippen molar-refractivity contribution in [1.29, 1.82) is 0 Å². The minimum absolute atomic E-state index is 0.507. The van der Waals surface area contributed by atoms with Gasteiger partial charge in [-0.1, -0.05) is 25.3 Å². The Morgan fingerprint density at radius 2 is 1.95 bits per heavy atom. The number of pyridine rings is 1. The van der Waals surface area contributed by atoms with Gasteiger partial charge in [0.05, 0.1) is 12.9 Å². The highest BCUT2D eigenvalue weighted by Gasteiger charge is 1.99. The van der Waals surface area contributed by atoms with Crippen LogP contribution in [0.4, 0.5) is 0 Å². The molecule has 0 fully saturated rings. The molecule has 116 valence electrons. The van der Waals surface area contributed by atoms with Crippen LogP contribution in [0.1, 0.15) is 5.56 Å². The Bertz CT molecular complexity index is 531.